The van der Waals surface area contributed by atoms with Gasteiger partial charge in [-0.3, -0.25) is 14.4 Å². The highest BCUT2D eigenvalue weighted by Crippen LogP contribution is 2.21. The normalized spacial score (nSPS) is 11.7. The summed E-state index contributed by atoms with van der Waals surface area (Å²) in [5.74, 6) is -0.684. The van der Waals surface area contributed by atoms with E-state index in [0.717, 1.165) is 5.56 Å². The number of fused-ring (bicyclic) bond motifs is 1. The van der Waals surface area contributed by atoms with E-state index in [-0.39, 0.29) is 12.6 Å². The third-order valence-corrected chi connectivity index (χ3v) is 5.10. The van der Waals surface area contributed by atoms with E-state index in [1.54, 1.807) is 21.7 Å². The number of rotatable bonds is 10. The van der Waals surface area contributed by atoms with Gasteiger partial charge in [-0.25, -0.2) is 24.7 Å². The number of carbonyl (C=O) groups excluding carboxylic acids is 1. The van der Waals surface area contributed by atoms with Crippen LogP contribution in [-0.4, -0.2) is 58.7 Å². The van der Waals surface area contributed by atoms with E-state index < -0.39 is 24.5 Å². The summed E-state index contributed by atoms with van der Waals surface area (Å²) in [7, 11) is 0. The number of aromatic nitrogens is 6. The second-order valence-electron chi connectivity index (χ2n) is 7.68. The number of carbonyl (C=O) groups is 2. The number of carboxylic acids is 1. The number of ether oxygens (including phenoxy) is 1. The lowest BCUT2D eigenvalue weighted by Crippen LogP contribution is -2.31. The Kier molecular flexibility index (Phi) is 7.33. The van der Waals surface area contributed by atoms with Gasteiger partial charge in [0.2, 0.25) is 0 Å². The zero-order chi connectivity index (χ0) is 25.5. The van der Waals surface area contributed by atoms with Crippen molar-refractivity contribution in [1.29, 1.82) is 0 Å². The van der Waals surface area contributed by atoms with Crippen molar-refractivity contribution in [3.63, 3.8) is 0 Å². The molecule has 4 aromatic rings. The summed E-state index contributed by atoms with van der Waals surface area (Å²) in [5, 5.41) is 11.9. The van der Waals surface area contributed by atoms with Gasteiger partial charge in [0.15, 0.2) is 22.9 Å². The van der Waals surface area contributed by atoms with Gasteiger partial charge in [-0.05, 0) is 5.56 Å². The number of amides is 1. The average molecular weight is 493 g/mol. The minimum atomic E-state index is -1.11. The number of imidazole rings is 2. The first-order valence-corrected chi connectivity index (χ1v) is 10.8. The van der Waals surface area contributed by atoms with Crippen LogP contribution in [0.5, 0.6) is 0 Å². The van der Waals surface area contributed by atoms with Gasteiger partial charge in [-0.2, -0.15) is 0 Å². The third kappa shape index (κ3) is 5.91. The van der Waals surface area contributed by atoms with Crippen molar-refractivity contribution < 1.29 is 19.4 Å². The summed E-state index contributed by atoms with van der Waals surface area (Å²) in [4.78, 5) is 45.0. The summed E-state index contributed by atoms with van der Waals surface area (Å²) in [6.07, 6.45) is 4.86. The molecule has 0 aliphatic carbocycles. The van der Waals surface area contributed by atoms with Crippen LogP contribution < -0.4 is 16.8 Å². The van der Waals surface area contributed by atoms with Gasteiger partial charge in [0, 0.05) is 12.7 Å². The van der Waals surface area contributed by atoms with Crippen LogP contribution in [0.15, 0.2) is 60.5 Å². The Balaban J connectivity index is 1.51. The van der Waals surface area contributed by atoms with Crippen LogP contribution >= 0.6 is 0 Å². The van der Waals surface area contributed by atoms with Gasteiger partial charge in [0.05, 0.1) is 31.0 Å². The predicted molar refractivity (Wildman–Crippen MR) is 128 cm³/mol. The molecule has 0 saturated carbocycles. The lowest BCUT2D eigenvalue weighted by atomic mass is 10.1. The average Bonchev–Trinajstić information content (AvgIpc) is 3.50. The highest BCUT2D eigenvalue weighted by atomic mass is 16.5. The van der Waals surface area contributed by atoms with Crippen molar-refractivity contribution in [1.82, 2.24) is 34.4 Å². The molecule has 1 amide bonds. The number of aliphatic carboxylic acids is 1. The Morgan fingerprint density at radius 3 is 2.67 bits per heavy atom. The highest BCUT2D eigenvalue weighted by Gasteiger charge is 2.22. The van der Waals surface area contributed by atoms with Gasteiger partial charge in [-0.15, -0.1) is 0 Å². The van der Waals surface area contributed by atoms with E-state index in [9.17, 15) is 14.7 Å². The molecule has 1 unspecified atom stereocenters. The van der Waals surface area contributed by atoms with Crippen LogP contribution in [0.2, 0.25) is 0 Å². The number of nitrogens with two attached hydrogens (primary N) is 2. The molecule has 3 aromatic heterocycles. The molecule has 36 heavy (non-hydrogen) atoms. The number of aliphatic imine (C=N–C) groups is 1. The molecule has 14 nitrogen and oxygen atoms in total. The van der Waals surface area contributed by atoms with Gasteiger partial charge in [-0.1, -0.05) is 30.3 Å². The lowest BCUT2D eigenvalue weighted by Gasteiger charge is -2.15. The number of guanidine groups is 1. The Bertz CT molecular complexity index is 1380. The van der Waals surface area contributed by atoms with Gasteiger partial charge in [0.1, 0.15) is 19.3 Å². The number of hydrogen-bond donors (Lipinski definition) is 4. The first-order chi connectivity index (χ1) is 17.4. The zero-order valence-electron chi connectivity index (χ0n) is 19.1. The maximum Gasteiger partial charge on any atom is 0.408 e. The van der Waals surface area contributed by atoms with E-state index in [4.69, 9.17) is 16.2 Å². The number of hydrogen-bond acceptors (Lipinski definition) is 8. The Morgan fingerprint density at radius 2 is 1.92 bits per heavy atom. The molecule has 0 aliphatic heterocycles. The molecule has 0 fully saturated rings. The number of nitrogens with zero attached hydrogens (tertiary/aromatic N) is 7. The van der Waals surface area contributed by atoms with Crippen LogP contribution in [0.4, 0.5) is 4.79 Å². The summed E-state index contributed by atoms with van der Waals surface area (Å²) < 4.78 is 8.59. The molecular weight excluding hydrogens is 468 g/mol. The van der Waals surface area contributed by atoms with Crippen LogP contribution in [0.1, 0.15) is 23.7 Å². The molecule has 0 bridgehead atoms. The minimum absolute atomic E-state index is 0.00541. The van der Waals surface area contributed by atoms with Crippen molar-refractivity contribution >= 4 is 29.2 Å². The SMILES string of the molecule is NC(N)=NCCn1cnc2c(-n3cnc(C(CC(=O)O)NC(=O)OCc4ccccc4)c3)ncnc21. The van der Waals surface area contributed by atoms with Crippen molar-refractivity contribution in [2.75, 3.05) is 6.54 Å². The standard InChI is InChI=1S/C22H24N10O4/c23-21(24)25-6-7-31-13-29-18-19(31)26-11-27-20(18)32-9-16(28-12-32)15(8-17(33)34)30-22(35)36-10-14-4-2-1-3-5-14/h1-5,9,11-13,15H,6-8,10H2,(H,30,35)(H,33,34)(H4,23,24,25). The fraction of sp³-hybridized carbons (Fsp3) is 0.227. The monoisotopic (exact) mass is 492 g/mol. The molecule has 0 spiro atoms. The molecule has 6 N–H and O–H groups in total. The van der Waals surface area contributed by atoms with E-state index in [0.29, 0.717) is 35.8 Å². The Hall–Kier alpha value is -5.01. The molecule has 0 radical (unpaired) electrons. The predicted octanol–water partition coefficient (Wildman–Crippen LogP) is 0.728. The molecule has 1 aromatic carbocycles. The third-order valence-electron chi connectivity index (χ3n) is 5.10. The minimum Gasteiger partial charge on any atom is -0.481 e. The quantitative estimate of drug-likeness (QED) is 0.180. The van der Waals surface area contributed by atoms with E-state index in [2.05, 4.69) is 30.2 Å². The molecule has 186 valence electrons. The lowest BCUT2D eigenvalue weighted by molar-refractivity contribution is -0.137. The van der Waals surface area contributed by atoms with Gasteiger partial charge in [0.25, 0.3) is 0 Å². The first-order valence-electron chi connectivity index (χ1n) is 10.8. The molecule has 1 atom stereocenters. The summed E-state index contributed by atoms with van der Waals surface area (Å²) >= 11 is 0. The zero-order valence-corrected chi connectivity index (χ0v) is 19.1. The first kappa shape index (κ1) is 24.1. The van der Waals surface area contributed by atoms with Gasteiger partial charge >= 0.3 is 12.1 Å². The number of alkyl carbamates (subject to hydrolysis) is 1. The van der Waals surface area contributed by atoms with Crippen LogP contribution in [0.3, 0.4) is 0 Å². The number of benzene rings is 1. The van der Waals surface area contributed by atoms with Crippen molar-refractivity contribution in [2.45, 2.75) is 25.6 Å². The number of nitrogens with one attached hydrogen (secondary N) is 1. The summed E-state index contributed by atoms with van der Waals surface area (Å²) in [5.41, 5.74) is 12.9. The topological polar surface area (TPSA) is 201 Å². The molecule has 3 heterocycles. The van der Waals surface area contributed by atoms with Crippen molar-refractivity contribution in [3.05, 3.63) is 66.8 Å². The Morgan fingerprint density at radius 1 is 1.11 bits per heavy atom. The smallest absolute Gasteiger partial charge is 0.408 e. The molecule has 0 saturated heterocycles. The van der Waals surface area contributed by atoms with E-state index >= 15 is 0 Å². The van der Waals surface area contributed by atoms with Gasteiger partial charge < -0.3 is 31.2 Å². The van der Waals surface area contributed by atoms with Crippen LogP contribution in [0, 0.1) is 0 Å². The van der Waals surface area contributed by atoms with Crippen molar-refractivity contribution in [2.24, 2.45) is 16.5 Å². The molecule has 0 aliphatic rings. The van der Waals surface area contributed by atoms with Crippen LogP contribution in [-0.2, 0) is 22.7 Å². The summed E-state index contributed by atoms with van der Waals surface area (Å²) in [6, 6.07) is 8.21. The van der Waals surface area contributed by atoms with Crippen LogP contribution in [0.25, 0.3) is 17.0 Å². The molecular formula is C22H24N10O4. The fourth-order valence-corrected chi connectivity index (χ4v) is 3.45. The van der Waals surface area contributed by atoms with Crippen molar-refractivity contribution in [3.8, 4) is 5.82 Å². The highest BCUT2D eigenvalue weighted by molar-refractivity contribution is 5.78. The second kappa shape index (κ2) is 10.9. The molecule has 4 rings (SSSR count). The maximum atomic E-state index is 12.3. The molecule has 14 heteroatoms. The Labute approximate surface area is 204 Å². The summed E-state index contributed by atoms with van der Waals surface area (Å²) in [6.45, 7) is 0.854. The van der Waals surface area contributed by atoms with E-state index in [1.165, 1.54) is 12.7 Å². The van der Waals surface area contributed by atoms with E-state index in [1.807, 2.05) is 30.3 Å². The maximum absolute atomic E-state index is 12.3. The second-order valence-corrected chi connectivity index (χ2v) is 7.68. The largest absolute Gasteiger partial charge is 0.481 e. The number of carboxylic acid groups (broad SMARTS) is 1. The fourth-order valence-electron chi connectivity index (χ4n) is 3.45.